The number of aromatic nitrogens is 2. The zero-order chi connectivity index (χ0) is 16.5. The van der Waals surface area contributed by atoms with Crippen LogP contribution in [0.1, 0.15) is 11.3 Å². The van der Waals surface area contributed by atoms with Gasteiger partial charge < -0.3 is 0 Å². The Labute approximate surface area is 141 Å². The van der Waals surface area contributed by atoms with Crippen LogP contribution < -0.4 is 0 Å². The number of para-hydroxylation sites is 1. The van der Waals surface area contributed by atoms with E-state index < -0.39 is 0 Å². The predicted molar refractivity (Wildman–Crippen MR) is 99.9 cm³/mol. The van der Waals surface area contributed by atoms with E-state index in [1.807, 2.05) is 31.2 Å². The highest BCUT2D eigenvalue weighted by Crippen LogP contribution is 2.28. The van der Waals surface area contributed by atoms with E-state index in [9.17, 15) is 0 Å². The van der Waals surface area contributed by atoms with Gasteiger partial charge in [0.05, 0.1) is 5.52 Å². The molecule has 0 unspecified atom stereocenters. The smallest absolute Gasteiger partial charge is 0.160 e. The number of nitrogens with zero attached hydrogens (tertiary/aromatic N) is 2. The average molecular weight is 310 g/mol. The number of fused-ring (bicyclic) bond motifs is 1. The Morgan fingerprint density at radius 1 is 0.625 bits per heavy atom. The molecule has 0 bridgehead atoms. The molecule has 0 atom stereocenters. The molecule has 0 radical (unpaired) electrons. The van der Waals surface area contributed by atoms with E-state index in [0.717, 1.165) is 28.0 Å². The van der Waals surface area contributed by atoms with Gasteiger partial charge in [-0.25, -0.2) is 9.97 Å². The summed E-state index contributed by atoms with van der Waals surface area (Å²) in [7, 11) is 0. The van der Waals surface area contributed by atoms with Gasteiger partial charge in [-0.3, -0.25) is 0 Å². The number of hydrogen-bond acceptors (Lipinski definition) is 2. The number of aryl methyl sites for hydroxylation is 2. The second kappa shape index (κ2) is 5.89. The molecule has 0 aliphatic carbocycles. The maximum atomic E-state index is 4.77. The first-order chi connectivity index (χ1) is 11.7. The fraction of sp³-hybridized carbons (Fsp3) is 0.0909. The summed E-state index contributed by atoms with van der Waals surface area (Å²) in [6.07, 6.45) is 0. The van der Waals surface area contributed by atoms with Crippen molar-refractivity contribution in [2.45, 2.75) is 13.8 Å². The van der Waals surface area contributed by atoms with Crippen molar-refractivity contribution in [2.75, 3.05) is 0 Å². The highest BCUT2D eigenvalue weighted by Gasteiger charge is 2.09. The maximum Gasteiger partial charge on any atom is 0.160 e. The van der Waals surface area contributed by atoms with Gasteiger partial charge in [0.1, 0.15) is 0 Å². The molecule has 2 nitrogen and oxygen atoms in total. The highest BCUT2D eigenvalue weighted by atomic mass is 14.9. The van der Waals surface area contributed by atoms with Crippen molar-refractivity contribution < 1.29 is 0 Å². The minimum absolute atomic E-state index is 0.784. The molecule has 0 saturated heterocycles. The van der Waals surface area contributed by atoms with Crippen LogP contribution in [0.5, 0.6) is 0 Å². The molecule has 4 aromatic rings. The lowest BCUT2D eigenvalue weighted by Crippen LogP contribution is -1.95. The summed E-state index contributed by atoms with van der Waals surface area (Å²) in [5.41, 5.74) is 6.67. The van der Waals surface area contributed by atoms with E-state index in [1.165, 1.54) is 16.7 Å². The van der Waals surface area contributed by atoms with Crippen molar-refractivity contribution in [1.82, 2.24) is 9.97 Å². The van der Waals surface area contributed by atoms with Gasteiger partial charge in [0.2, 0.25) is 0 Å². The van der Waals surface area contributed by atoms with E-state index >= 15 is 0 Å². The lowest BCUT2D eigenvalue weighted by atomic mass is 10.00. The first-order valence-corrected chi connectivity index (χ1v) is 8.11. The molecule has 24 heavy (non-hydrogen) atoms. The van der Waals surface area contributed by atoms with Gasteiger partial charge in [0, 0.05) is 16.6 Å². The van der Waals surface area contributed by atoms with E-state index in [-0.39, 0.29) is 0 Å². The molecule has 1 aromatic heterocycles. The highest BCUT2D eigenvalue weighted by molar-refractivity contribution is 5.83. The Kier molecular flexibility index (Phi) is 3.58. The van der Waals surface area contributed by atoms with E-state index in [0.29, 0.717) is 0 Å². The van der Waals surface area contributed by atoms with E-state index in [2.05, 4.69) is 55.5 Å². The molecular weight excluding hydrogens is 292 g/mol. The molecule has 0 N–H and O–H groups in total. The topological polar surface area (TPSA) is 25.8 Å². The monoisotopic (exact) mass is 310 g/mol. The molecule has 2 heteroatoms. The third kappa shape index (κ3) is 2.67. The van der Waals surface area contributed by atoms with Crippen LogP contribution in [0.2, 0.25) is 0 Å². The number of hydrogen-bond donors (Lipinski definition) is 0. The lowest BCUT2D eigenvalue weighted by Gasteiger charge is -2.09. The van der Waals surface area contributed by atoms with Gasteiger partial charge in [0.15, 0.2) is 5.82 Å². The summed E-state index contributed by atoms with van der Waals surface area (Å²) < 4.78 is 0. The summed E-state index contributed by atoms with van der Waals surface area (Å²) >= 11 is 0. The second-order valence-corrected chi connectivity index (χ2v) is 6.10. The summed E-state index contributed by atoms with van der Waals surface area (Å²) in [6, 6.07) is 25.1. The van der Waals surface area contributed by atoms with Gasteiger partial charge in [-0.05, 0) is 48.7 Å². The van der Waals surface area contributed by atoms with Crippen LogP contribution in [0.15, 0.2) is 72.8 Å². The largest absolute Gasteiger partial charge is 0.233 e. The SMILES string of the molecule is Cc1cc(-c2ccccc2)cc(-c2nc(C)c3ccccc3n2)c1. The number of rotatable bonds is 2. The normalized spacial score (nSPS) is 10.9. The van der Waals surface area contributed by atoms with Crippen LogP contribution >= 0.6 is 0 Å². The van der Waals surface area contributed by atoms with Crippen molar-refractivity contribution in [3.8, 4) is 22.5 Å². The number of benzene rings is 3. The van der Waals surface area contributed by atoms with Gasteiger partial charge in [0.25, 0.3) is 0 Å². The van der Waals surface area contributed by atoms with Crippen LogP contribution in [0.4, 0.5) is 0 Å². The minimum atomic E-state index is 0.784. The van der Waals surface area contributed by atoms with Gasteiger partial charge in [-0.15, -0.1) is 0 Å². The van der Waals surface area contributed by atoms with E-state index in [4.69, 9.17) is 9.97 Å². The molecule has 1 heterocycles. The Morgan fingerprint density at radius 2 is 1.33 bits per heavy atom. The first-order valence-electron chi connectivity index (χ1n) is 8.11. The molecule has 0 spiro atoms. The van der Waals surface area contributed by atoms with E-state index in [1.54, 1.807) is 0 Å². The van der Waals surface area contributed by atoms with Crippen LogP contribution in [-0.4, -0.2) is 9.97 Å². The lowest BCUT2D eigenvalue weighted by molar-refractivity contribution is 1.16. The van der Waals surface area contributed by atoms with Gasteiger partial charge in [-0.1, -0.05) is 54.6 Å². The Balaban J connectivity index is 1.89. The van der Waals surface area contributed by atoms with Gasteiger partial charge in [-0.2, -0.15) is 0 Å². The Morgan fingerprint density at radius 3 is 2.17 bits per heavy atom. The second-order valence-electron chi connectivity index (χ2n) is 6.10. The summed E-state index contributed by atoms with van der Waals surface area (Å²) in [5, 5.41) is 1.11. The van der Waals surface area contributed by atoms with Crippen molar-refractivity contribution in [1.29, 1.82) is 0 Å². The van der Waals surface area contributed by atoms with Crippen LogP contribution in [0.3, 0.4) is 0 Å². The Hall–Kier alpha value is -3.00. The molecule has 116 valence electrons. The zero-order valence-electron chi connectivity index (χ0n) is 13.8. The summed E-state index contributed by atoms with van der Waals surface area (Å²) in [4.78, 5) is 9.51. The maximum absolute atomic E-state index is 4.77. The zero-order valence-corrected chi connectivity index (χ0v) is 13.8. The third-order valence-electron chi connectivity index (χ3n) is 4.24. The van der Waals surface area contributed by atoms with Crippen molar-refractivity contribution >= 4 is 10.9 Å². The quantitative estimate of drug-likeness (QED) is 0.483. The minimum Gasteiger partial charge on any atom is -0.233 e. The molecule has 0 aliphatic rings. The summed E-state index contributed by atoms with van der Waals surface area (Å²) in [5.74, 6) is 0.784. The van der Waals surface area contributed by atoms with Crippen LogP contribution in [0.25, 0.3) is 33.4 Å². The van der Waals surface area contributed by atoms with Crippen molar-refractivity contribution in [3.05, 3.63) is 84.1 Å². The molecule has 0 amide bonds. The molecule has 0 fully saturated rings. The standard InChI is InChI=1S/C22H18N2/c1-15-12-18(17-8-4-3-5-9-17)14-19(13-15)22-23-16(2)20-10-6-7-11-21(20)24-22/h3-14H,1-2H3. The van der Waals surface area contributed by atoms with Gasteiger partial charge >= 0.3 is 0 Å². The predicted octanol–water partition coefficient (Wildman–Crippen LogP) is 5.58. The van der Waals surface area contributed by atoms with Crippen molar-refractivity contribution in [2.24, 2.45) is 0 Å². The first kappa shape index (κ1) is 14.6. The molecule has 3 aromatic carbocycles. The van der Waals surface area contributed by atoms with Crippen LogP contribution in [-0.2, 0) is 0 Å². The Bertz CT molecular complexity index is 1020. The molecule has 0 saturated carbocycles. The third-order valence-corrected chi connectivity index (χ3v) is 4.24. The molecular formula is C22H18N2. The average Bonchev–Trinajstić information content (AvgIpc) is 2.62. The molecule has 0 aliphatic heterocycles. The fourth-order valence-electron chi connectivity index (χ4n) is 3.07. The summed E-state index contributed by atoms with van der Waals surface area (Å²) in [6.45, 7) is 4.16. The molecule has 4 rings (SSSR count). The fourth-order valence-corrected chi connectivity index (χ4v) is 3.07. The van der Waals surface area contributed by atoms with Crippen molar-refractivity contribution in [3.63, 3.8) is 0 Å². The van der Waals surface area contributed by atoms with Crippen LogP contribution in [0, 0.1) is 13.8 Å².